The number of anilines is 1. The van der Waals surface area contributed by atoms with Crippen LogP contribution in [0.3, 0.4) is 0 Å². The molecular formula is C22H24N2O5. The van der Waals surface area contributed by atoms with E-state index < -0.39 is 0 Å². The van der Waals surface area contributed by atoms with E-state index in [-0.39, 0.29) is 36.9 Å². The van der Waals surface area contributed by atoms with Crippen molar-refractivity contribution in [3.8, 4) is 11.5 Å². The van der Waals surface area contributed by atoms with Crippen LogP contribution in [0.15, 0.2) is 36.4 Å². The molecule has 2 N–H and O–H groups in total. The Kier molecular flexibility index (Phi) is 6.49. The van der Waals surface area contributed by atoms with E-state index in [1.165, 1.54) is 0 Å². The lowest BCUT2D eigenvalue weighted by Crippen LogP contribution is -2.26. The van der Waals surface area contributed by atoms with Gasteiger partial charge in [0.05, 0.1) is 20.6 Å². The maximum atomic E-state index is 12.3. The van der Waals surface area contributed by atoms with Gasteiger partial charge in [0.1, 0.15) is 0 Å². The molecule has 0 radical (unpaired) electrons. The van der Waals surface area contributed by atoms with Crippen molar-refractivity contribution < 1.29 is 23.9 Å². The van der Waals surface area contributed by atoms with E-state index in [0.29, 0.717) is 30.0 Å². The highest BCUT2D eigenvalue weighted by molar-refractivity contribution is 6.02. The summed E-state index contributed by atoms with van der Waals surface area (Å²) in [5, 5.41) is 5.57. The van der Waals surface area contributed by atoms with Gasteiger partial charge in [-0.15, -0.1) is 0 Å². The van der Waals surface area contributed by atoms with Crippen LogP contribution in [-0.2, 0) is 22.4 Å². The SMILES string of the molecule is COc1ccc(CCNC(=O)CCC(=O)c2ccc3c(c2)CC(=O)N3)cc1OC. The minimum atomic E-state index is -0.170. The van der Waals surface area contributed by atoms with Crippen molar-refractivity contribution >= 4 is 23.3 Å². The first-order valence-electron chi connectivity index (χ1n) is 9.43. The lowest BCUT2D eigenvalue weighted by Gasteiger charge is -2.10. The number of hydrogen-bond donors (Lipinski definition) is 2. The van der Waals surface area contributed by atoms with E-state index in [4.69, 9.17) is 9.47 Å². The number of carbonyl (C=O) groups is 3. The Morgan fingerprint density at radius 1 is 1.03 bits per heavy atom. The van der Waals surface area contributed by atoms with Crippen molar-refractivity contribution in [3.05, 3.63) is 53.1 Å². The fourth-order valence-corrected chi connectivity index (χ4v) is 3.24. The fraction of sp³-hybridized carbons (Fsp3) is 0.318. The molecule has 0 atom stereocenters. The average Bonchev–Trinajstić information content (AvgIpc) is 3.10. The van der Waals surface area contributed by atoms with E-state index in [9.17, 15) is 14.4 Å². The lowest BCUT2D eigenvalue weighted by atomic mass is 10.0. The van der Waals surface area contributed by atoms with E-state index in [0.717, 1.165) is 16.8 Å². The Morgan fingerprint density at radius 2 is 1.83 bits per heavy atom. The number of fused-ring (bicyclic) bond motifs is 1. The molecule has 7 nitrogen and oxygen atoms in total. The number of rotatable bonds is 9. The molecule has 1 heterocycles. The van der Waals surface area contributed by atoms with Gasteiger partial charge in [-0.25, -0.2) is 0 Å². The summed E-state index contributed by atoms with van der Waals surface area (Å²) < 4.78 is 10.5. The molecule has 0 spiro atoms. The van der Waals surface area contributed by atoms with Crippen LogP contribution in [0.4, 0.5) is 5.69 Å². The number of methoxy groups -OCH3 is 2. The summed E-state index contributed by atoms with van der Waals surface area (Å²) >= 11 is 0. The summed E-state index contributed by atoms with van der Waals surface area (Å²) in [4.78, 5) is 35.8. The number of nitrogens with one attached hydrogen (secondary N) is 2. The van der Waals surface area contributed by atoms with Gasteiger partial charge in [-0.1, -0.05) is 6.07 Å². The predicted octanol–water partition coefficient (Wildman–Crippen LogP) is 2.52. The van der Waals surface area contributed by atoms with Gasteiger partial charge in [0, 0.05) is 30.6 Å². The molecule has 2 aromatic rings. The first-order valence-corrected chi connectivity index (χ1v) is 9.43. The quantitative estimate of drug-likeness (QED) is 0.636. The molecular weight excluding hydrogens is 372 g/mol. The Labute approximate surface area is 169 Å². The molecule has 0 saturated carbocycles. The monoisotopic (exact) mass is 396 g/mol. The number of benzene rings is 2. The molecule has 3 rings (SSSR count). The Balaban J connectivity index is 1.44. The van der Waals surface area contributed by atoms with Crippen molar-refractivity contribution in [2.75, 3.05) is 26.1 Å². The van der Waals surface area contributed by atoms with Gasteiger partial charge in [0.2, 0.25) is 11.8 Å². The molecule has 0 saturated heterocycles. The number of hydrogen-bond acceptors (Lipinski definition) is 5. The highest BCUT2D eigenvalue weighted by atomic mass is 16.5. The minimum absolute atomic E-state index is 0.0709. The zero-order valence-corrected chi connectivity index (χ0v) is 16.5. The topological polar surface area (TPSA) is 93.7 Å². The molecule has 29 heavy (non-hydrogen) atoms. The van der Waals surface area contributed by atoms with Crippen LogP contribution in [0.1, 0.15) is 34.3 Å². The largest absolute Gasteiger partial charge is 0.493 e. The van der Waals surface area contributed by atoms with Gasteiger partial charge >= 0.3 is 0 Å². The van der Waals surface area contributed by atoms with Gasteiger partial charge in [0.15, 0.2) is 17.3 Å². The maximum Gasteiger partial charge on any atom is 0.228 e. The maximum absolute atomic E-state index is 12.3. The van der Waals surface area contributed by atoms with E-state index >= 15 is 0 Å². The second-order valence-electron chi connectivity index (χ2n) is 6.81. The highest BCUT2D eigenvalue weighted by Crippen LogP contribution is 2.27. The zero-order valence-electron chi connectivity index (χ0n) is 16.5. The average molecular weight is 396 g/mol. The van der Waals surface area contributed by atoms with E-state index in [1.807, 2.05) is 18.2 Å². The van der Waals surface area contributed by atoms with Gasteiger partial charge in [-0.2, -0.15) is 0 Å². The van der Waals surface area contributed by atoms with Crippen LogP contribution in [0, 0.1) is 0 Å². The Bertz CT molecular complexity index is 939. The number of carbonyl (C=O) groups excluding carboxylic acids is 3. The third-order valence-electron chi connectivity index (χ3n) is 4.82. The molecule has 0 bridgehead atoms. The summed E-state index contributed by atoms with van der Waals surface area (Å²) in [6.07, 6.45) is 1.18. The smallest absolute Gasteiger partial charge is 0.228 e. The molecule has 0 fully saturated rings. The molecule has 152 valence electrons. The normalized spacial score (nSPS) is 12.1. The molecule has 1 aliphatic heterocycles. The molecule has 0 unspecified atom stereocenters. The van der Waals surface area contributed by atoms with Crippen molar-refractivity contribution in [2.45, 2.75) is 25.7 Å². The van der Waals surface area contributed by atoms with Gasteiger partial charge in [-0.05, 0) is 47.9 Å². The number of ether oxygens (including phenoxy) is 2. The predicted molar refractivity (Wildman–Crippen MR) is 109 cm³/mol. The van der Waals surface area contributed by atoms with Crippen molar-refractivity contribution in [1.29, 1.82) is 0 Å². The first-order chi connectivity index (χ1) is 14.0. The molecule has 7 heteroatoms. The molecule has 0 aliphatic carbocycles. The van der Waals surface area contributed by atoms with Crippen LogP contribution in [0.25, 0.3) is 0 Å². The van der Waals surface area contributed by atoms with E-state index in [1.54, 1.807) is 32.4 Å². The van der Waals surface area contributed by atoms with Crippen LogP contribution in [-0.4, -0.2) is 38.4 Å². The molecule has 0 aromatic heterocycles. The zero-order chi connectivity index (χ0) is 20.8. The second-order valence-corrected chi connectivity index (χ2v) is 6.81. The molecule has 2 aromatic carbocycles. The van der Waals surface area contributed by atoms with Crippen LogP contribution >= 0.6 is 0 Å². The number of Topliss-reactive ketones (excluding diaryl/α,β-unsaturated/α-hetero) is 1. The third-order valence-corrected chi connectivity index (χ3v) is 4.82. The summed E-state index contributed by atoms with van der Waals surface area (Å²) in [6, 6.07) is 10.8. The van der Waals surface area contributed by atoms with Gasteiger partial charge < -0.3 is 20.1 Å². The van der Waals surface area contributed by atoms with Crippen LogP contribution in [0.2, 0.25) is 0 Å². The van der Waals surface area contributed by atoms with Crippen molar-refractivity contribution in [3.63, 3.8) is 0 Å². The summed E-state index contributed by atoms with van der Waals surface area (Å²) in [5.41, 5.74) is 3.11. The highest BCUT2D eigenvalue weighted by Gasteiger charge is 2.19. The lowest BCUT2D eigenvalue weighted by molar-refractivity contribution is -0.121. The Morgan fingerprint density at radius 3 is 2.59 bits per heavy atom. The summed E-state index contributed by atoms with van der Waals surface area (Å²) in [7, 11) is 3.16. The molecule has 2 amide bonds. The van der Waals surface area contributed by atoms with Crippen LogP contribution in [0.5, 0.6) is 11.5 Å². The first kappa shape index (κ1) is 20.4. The van der Waals surface area contributed by atoms with E-state index in [2.05, 4.69) is 10.6 Å². The van der Waals surface area contributed by atoms with Gasteiger partial charge in [0.25, 0.3) is 0 Å². The standard InChI is InChI=1S/C22H24N2O5/c1-28-19-7-3-14(11-20(19)29-2)9-10-23-21(26)8-6-18(25)15-4-5-17-16(12-15)13-22(27)24-17/h3-5,7,11-12H,6,8-10,13H2,1-2H3,(H,23,26)(H,24,27). The van der Waals surface area contributed by atoms with Crippen molar-refractivity contribution in [1.82, 2.24) is 5.32 Å². The third kappa shape index (κ3) is 5.13. The minimum Gasteiger partial charge on any atom is -0.493 e. The van der Waals surface area contributed by atoms with Gasteiger partial charge in [-0.3, -0.25) is 14.4 Å². The summed E-state index contributed by atoms with van der Waals surface area (Å²) in [6.45, 7) is 0.467. The number of ketones is 1. The number of amides is 2. The Hall–Kier alpha value is -3.35. The fourth-order valence-electron chi connectivity index (χ4n) is 3.24. The second kappa shape index (κ2) is 9.23. The van der Waals surface area contributed by atoms with Crippen LogP contribution < -0.4 is 20.1 Å². The van der Waals surface area contributed by atoms with Crippen molar-refractivity contribution in [2.24, 2.45) is 0 Å². The molecule has 1 aliphatic rings. The summed E-state index contributed by atoms with van der Waals surface area (Å²) in [5.74, 6) is 0.955.